The number of hydrogen-bond donors (Lipinski definition) is 4. The molecule has 4 N–H and O–H groups in total. The average Bonchev–Trinajstić information content (AvgIpc) is 3.32. The number of rotatable bonds is 7. The van der Waals surface area contributed by atoms with Crippen LogP contribution < -0.4 is 10.6 Å². The number of anilines is 1. The van der Waals surface area contributed by atoms with E-state index < -0.39 is 5.60 Å². The zero-order valence-electron chi connectivity index (χ0n) is 20.3. The number of halogens is 1. The van der Waals surface area contributed by atoms with Gasteiger partial charge in [0.1, 0.15) is 0 Å². The predicted molar refractivity (Wildman–Crippen MR) is 143 cm³/mol. The summed E-state index contributed by atoms with van der Waals surface area (Å²) < 4.78 is 0. The number of carbonyl (C=O) groups excluding carboxylic acids is 1. The summed E-state index contributed by atoms with van der Waals surface area (Å²) in [6.45, 7) is 5.94. The Bertz CT molecular complexity index is 1230. The van der Waals surface area contributed by atoms with Gasteiger partial charge in [0.2, 0.25) is 11.9 Å². The van der Waals surface area contributed by atoms with Gasteiger partial charge < -0.3 is 25.6 Å². The number of likely N-dealkylation sites (tertiary alicyclic amines) is 1. The summed E-state index contributed by atoms with van der Waals surface area (Å²) >= 11 is 6.47. The summed E-state index contributed by atoms with van der Waals surface area (Å²) in [5.41, 5.74) is 2.00. The number of fused-ring (bicyclic) bond motifs is 1. The monoisotopic (exact) mass is 508 g/mol. The van der Waals surface area contributed by atoms with Crippen molar-refractivity contribution in [2.24, 2.45) is 0 Å². The molecule has 1 aromatic carbocycles. The highest BCUT2D eigenvalue weighted by atomic mass is 35.5. The Hall–Kier alpha value is -2.94. The molecule has 9 heteroatoms. The van der Waals surface area contributed by atoms with E-state index in [4.69, 9.17) is 16.6 Å². The Morgan fingerprint density at radius 3 is 2.72 bits per heavy atom. The molecule has 0 spiro atoms. The Balaban J connectivity index is 1.16. The lowest BCUT2D eigenvalue weighted by atomic mass is 9.81. The van der Waals surface area contributed by atoms with Crippen LogP contribution in [0.15, 0.2) is 49.3 Å². The van der Waals surface area contributed by atoms with Gasteiger partial charge in [0.15, 0.2) is 0 Å². The van der Waals surface area contributed by atoms with Crippen molar-refractivity contribution in [1.82, 2.24) is 25.2 Å². The molecule has 2 aliphatic rings. The van der Waals surface area contributed by atoms with Gasteiger partial charge in [-0.1, -0.05) is 36.4 Å². The summed E-state index contributed by atoms with van der Waals surface area (Å²) in [4.78, 5) is 26.3. The van der Waals surface area contributed by atoms with E-state index in [0.717, 1.165) is 68.1 Å². The SMILES string of the molecule is C=CC(=O)NC1CCN(CC2(O)CCC(Nc3ncc(Cl)c(-c4c[nH]c5ccccc45)n3)CC2)CC1. The molecular weight excluding hydrogens is 476 g/mol. The molecule has 0 unspecified atom stereocenters. The van der Waals surface area contributed by atoms with Crippen LogP contribution in [0.4, 0.5) is 5.95 Å². The second kappa shape index (κ2) is 10.6. The van der Waals surface area contributed by atoms with Gasteiger partial charge in [0, 0.05) is 54.4 Å². The molecule has 36 heavy (non-hydrogen) atoms. The van der Waals surface area contributed by atoms with Crippen molar-refractivity contribution in [2.75, 3.05) is 25.0 Å². The summed E-state index contributed by atoms with van der Waals surface area (Å²) in [5.74, 6) is 0.440. The topological polar surface area (TPSA) is 106 Å². The fourth-order valence-electron chi connectivity index (χ4n) is 5.44. The number of carbonyl (C=O) groups is 1. The van der Waals surface area contributed by atoms with E-state index in [1.807, 2.05) is 24.4 Å². The molecule has 3 heterocycles. The minimum absolute atomic E-state index is 0.115. The highest BCUT2D eigenvalue weighted by molar-refractivity contribution is 6.33. The highest BCUT2D eigenvalue weighted by Crippen LogP contribution is 2.34. The molecule has 2 fully saturated rings. The van der Waals surface area contributed by atoms with E-state index in [0.29, 0.717) is 23.2 Å². The average molecular weight is 509 g/mol. The van der Waals surface area contributed by atoms with Crippen molar-refractivity contribution in [3.05, 3.63) is 54.3 Å². The lowest BCUT2D eigenvalue weighted by Crippen LogP contribution is -2.51. The lowest BCUT2D eigenvalue weighted by molar-refractivity contribution is -0.117. The molecule has 1 amide bonds. The number of hydrogen-bond acceptors (Lipinski definition) is 6. The van der Waals surface area contributed by atoms with E-state index in [1.54, 1.807) is 6.20 Å². The fraction of sp³-hybridized carbons (Fsp3) is 0.444. The van der Waals surface area contributed by atoms with Gasteiger partial charge in [-0.3, -0.25) is 4.79 Å². The summed E-state index contributed by atoms with van der Waals surface area (Å²) in [7, 11) is 0. The van der Waals surface area contributed by atoms with Crippen LogP contribution in [0, 0.1) is 0 Å². The molecule has 2 aromatic heterocycles. The molecule has 1 saturated heterocycles. The number of piperidine rings is 1. The molecule has 5 rings (SSSR count). The number of aromatic nitrogens is 3. The number of benzene rings is 1. The second-order valence-electron chi connectivity index (χ2n) is 10.0. The number of H-pyrrole nitrogens is 1. The van der Waals surface area contributed by atoms with Crippen LogP contribution in [-0.4, -0.2) is 68.2 Å². The van der Waals surface area contributed by atoms with Gasteiger partial charge in [-0.05, 0) is 50.7 Å². The third-order valence-corrected chi connectivity index (χ3v) is 7.75. The first-order valence-corrected chi connectivity index (χ1v) is 13.0. The van der Waals surface area contributed by atoms with Crippen molar-refractivity contribution < 1.29 is 9.90 Å². The Labute approximate surface area is 216 Å². The fourth-order valence-corrected chi connectivity index (χ4v) is 5.64. The normalized spacial score (nSPS) is 23.4. The molecule has 190 valence electrons. The smallest absolute Gasteiger partial charge is 0.243 e. The van der Waals surface area contributed by atoms with E-state index in [9.17, 15) is 9.90 Å². The summed E-state index contributed by atoms with van der Waals surface area (Å²) in [6, 6.07) is 8.46. The third kappa shape index (κ3) is 5.56. The maximum Gasteiger partial charge on any atom is 0.243 e. The number of aromatic amines is 1. The number of nitrogens with one attached hydrogen (secondary N) is 3. The maximum absolute atomic E-state index is 11.5. The molecular formula is C27H33ClN6O2. The second-order valence-corrected chi connectivity index (χ2v) is 10.5. The van der Waals surface area contributed by atoms with Crippen LogP contribution in [0.2, 0.25) is 5.02 Å². The molecule has 8 nitrogen and oxygen atoms in total. The standard InChI is InChI=1S/C27H33ClN6O2/c1-2-24(35)31-19-9-13-34(14-10-19)17-27(36)11-7-18(8-12-27)32-26-30-16-22(28)25(33-26)21-15-29-23-6-4-3-5-20(21)23/h2-6,15-16,18-19,29,36H,1,7-14,17H2,(H,31,35)(H,30,32,33). The van der Waals surface area contributed by atoms with Crippen molar-refractivity contribution in [3.63, 3.8) is 0 Å². The van der Waals surface area contributed by atoms with Crippen LogP contribution in [0.3, 0.4) is 0 Å². The van der Waals surface area contributed by atoms with Crippen LogP contribution in [-0.2, 0) is 4.79 Å². The summed E-state index contributed by atoms with van der Waals surface area (Å²) in [6.07, 6.45) is 9.82. The first-order chi connectivity index (χ1) is 17.4. The van der Waals surface area contributed by atoms with Crippen molar-refractivity contribution in [2.45, 2.75) is 56.2 Å². The molecule has 0 atom stereocenters. The zero-order chi connectivity index (χ0) is 25.1. The molecule has 1 saturated carbocycles. The molecule has 0 radical (unpaired) electrons. The molecule has 3 aromatic rings. The Morgan fingerprint density at radius 1 is 1.22 bits per heavy atom. The van der Waals surface area contributed by atoms with Crippen molar-refractivity contribution in [1.29, 1.82) is 0 Å². The van der Waals surface area contributed by atoms with E-state index in [2.05, 4.69) is 38.1 Å². The van der Waals surface area contributed by atoms with Crippen molar-refractivity contribution >= 4 is 34.4 Å². The quantitative estimate of drug-likeness (QED) is 0.357. The van der Waals surface area contributed by atoms with Crippen molar-refractivity contribution in [3.8, 4) is 11.3 Å². The van der Waals surface area contributed by atoms with Gasteiger partial charge in [-0.2, -0.15) is 0 Å². The molecule has 1 aliphatic heterocycles. The van der Waals surface area contributed by atoms with Crippen LogP contribution in [0.25, 0.3) is 22.2 Å². The minimum Gasteiger partial charge on any atom is -0.389 e. The van der Waals surface area contributed by atoms with Crippen LogP contribution in [0.5, 0.6) is 0 Å². The van der Waals surface area contributed by atoms with Gasteiger partial charge in [-0.25, -0.2) is 9.97 Å². The minimum atomic E-state index is -0.689. The Kier molecular flexibility index (Phi) is 7.27. The first kappa shape index (κ1) is 24.7. The number of aliphatic hydroxyl groups is 1. The zero-order valence-corrected chi connectivity index (χ0v) is 21.1. The molecule has 0 bridgehead atoms. The number of β-amino-alcohol motifs (C(OH)–C–C–N with tert-alkyl or cyclic N) is 1. The maximum atomic E-state index is 11.5. The van der Waals surface area contributed by atoms with Crippen LogP contribution in [0.1, 0.15) is 38.5 Å². The van der Waals surface area contributed by atoms with E-state index >= 15 is 0 Å². The van der Waals surface area contributed by atoms with Gasteiger partial charge in [0.25, 0.3) is 0 Å². The predicted octanol–water partition coefficient (Wildman–Crippen LogP) is 4.13. The number of nitrogens with zero attached hydrogens (tertiary/aromatic N) is 3. The van der Waals surface area contributed by atoms with E-state index in [-0.39, 0.29) is 18.0 Å². The van der Waals surface area contributed by atoms with Crippen LogP contribution >= 0.6 is 11.6 Å². The lowest BCUT2D eigenvalue weighted by Gasteiger charge is -2.41. The van der Waals surface area contributed by atoms with E-state index in [1.165, 1.54) is 6.08 Å². The van der Waals surface area contributed by atoms with Gasteiger partial charge in [-0.15, -0.1) is 0 Å². The first-order valence-electron chi connectivity index (χ1n) is 12.7. The van der Waals surface area contributed by atoms with Gasteiger partial charge in [0.05, 0.1) is 22.5 Å². The highest BCUT2D eigenvalue weighted by Gasteiger charge is 2.36. The largest absolute Gasteiger partial charge is 0.389 e. The number of para-hydroxylation sites is 1. The number of amides is 1. The Morgan fingerprint density at radius 2 is 1.97 bits per heavy atom. The summed E-state index contributed by atoms with van der Waals surface area (Å²) in [5, 5.41) is 19.3. The third-order valence-electron chi connectivity index (χ3n) is 7.48. The molecule has 1 aliphatic carbocycles. The van der Waals surface area contributed by atoms with Gasteiger partial charge >= 0.3 is 0 Å².